The van der Waals surface area contributed by atoms with Crippen molar-refractivity contribution in [1.29, 1.82) is 0 Å². The minimum absolute atomic E-state index is 0.322. The first kappa shape index (κ1) is 15.7. The van der Waals surface area contributed by atoms with Crippen LogP contribution in [0.2, 0.25) is 4.34 Å². The topological polar surface area (TPSA) is 57.6 Å². The molecule has 0 aliphatic heterocycles. The molecule has 0 aliphatic carbocycles. The predicted octanol–water partition coefficient (Wildman–Crippen LogP) is 3.13. The van der Waals surface area contributed by atoms with Crippen molar-refractivity contribution in [2.75, 3.05) is 6.54 Å². The molecule has 0 saturated carbocycles. The molecule has 0 atom stereocenters. The number of hydrogen-bond acceptors (Lipinski definition) is 3. The van der Waals surface area contributed by atoms with Crippen molar-refractivity contribution in [2.24, 2.45) is 0 Å². The Balaban J connectivity index is 2.83. The van der Waals surface area contributed by atoms with Gasteiger partial charge in [0.25, 0.3) is 0 Å². The van der Waals surface area contributed by atoms with Crippen molar-refractivity contribution >= 4 is 40.9 Å². The number of rotatable bonds is 4. The highest BCUT2D eigenvalue weighted by molar-refractivity contribution is 7.17. The Morgan fingerprint density at radius 2 is 2.05 bits per heavy atom. The molecule has 0 fully saturated rings. The van der Waals surface area contributed by atoms with E-state index in [9.17, 15) is 9.59 Å². The fourth-order valence-electron chi connectivity index (χ4n) is 1.44. The normalized spacial score (nSPS) is 11.8. The third kappa shape index (κ3) is 5.04. The van der Waals surface area contributed by atoms with E-state index in [0.29, 0.717) is 4.34 Å². The zero-order valence-electron chi connectivity index (χ0n) is 11.0. The first-order valence-electron chi connectivity index (χ1n) is 5.67. The lowest BCUT2D eigenvalue weighted by atomic mass is 10.1. The van der Waals surface area contributed by atoms with Crippen molar-refractivity contribution < 1.29 is 14.7 Å². The van der Waals surface area contributed by atoms with Gasteiger partial charge in [-0.2, -0.15) is 0 Å². The SMILES string of the molecule is CC(C)(C)N(CC(=O)O)C(=O)C=Cc1ccc(Cl)s1. The largest absolute Gasteiger partial charge is 0.480 e. The van der Waals surface area contributed by atoms with Crippen LogP contribution in [0.5, 0.6) is 0 Å². The third-order valence-electron chi connectivity index (χ3n) is 2.35. The highest BCUT2D eigenvalue weighted by Gasteiger charge is 2.26. The van der Waals surface area contributed by atoms with E-state index < -0.39 is 11.5 Å². The number of carbonyl (C=O) groups excluding carboxylic acids is 1. The second-order valence-electron chi connectivity index (χ2n) is 4.96. The van der Waals surface area contributed by atoms with Gasteiger partial charge in [-0.25, -0.2) is 0 Å². The maximum atomic E-state index is 12.1. The predicted molar refractivity (Wildman–Crippen MR) is 77.5 cm³/mol. The van der Waals surface area contributed by atoms with Gasteiger partial charge >= 0.3 is 5.97 Å². The monoisotopic (exact) mass is 301 g/mol. The molecule has 19 heavy (non-hydrogen) atoms. The molecule has 104 valence electrons. The van der Waals surface area contributed by atoms with Gasteiger partial charge < -0.3 is 10.0 Å². The van der Waals surface area contributed by atoms with Crippen LogP contribution >= 0.6 is 22.9 Å². The molecule has 0 spiro atoms. The second-order valence-corrected chi connectivity index (χ2v) is 6.71. The molecule has 4 nitrogen and oxygen atoms in total. The van der Waals surface area contributed by atoms with Crippen LogP contribution in [-0.2, 0) is 9.59 Å². The Hall–Kier alpha value is -1.33. The summed E-state index contributed by atoms with van der Waals surface area (Å²) in [7, 11) is 0. The molecule has 1 aromatic heterocycles. The van der Waals surface area contributed by atoms with Crippen LogP contribution in [0.3, 0.4) is 0 Å². The third-order valence-corrected chi connectivity index (χ3v) is 3.55. The molecule has 1 rings (SSSR count). The molecule has 0 unspecified atom stereocenters. The molecule has 0 radical (unpaired) electrons. The molecular weight excluding hydrogens is 286 g/mol. The van der Waals surface area contributed by atoms with Crippen LogP contribution in [0.1, 0.15) is 25.6 Å². The number of carboxylic acids is 1. The van der Waals surface area contributed by atoms with Crippen LogP contribution in [0, 0.1) is 0 Å². The fourth-order valence-corrected chi connectivity index (χ4v) is 2.41. The average molecular weight is 302 g/mol. The average Bonchev–Trinajstić information content (AvgIpc) is 2.67. The maximum absolute atomic E-state index is 12.1. The minimum atomic E-state index is -1.03. The summed E-state index contributed by atoms with van der Waals surface area (Å²) in [5, 5.41) is 8.85. The summed E-state index contributed by atoms with van der Waals surface area (Å²) < 4.78 is 0.644. The molecule has 0 aromatic carbocycles. The highest BCUT2D eigenvalue weighted by atomic mass is 35.5. The Kier molecular flexibility index (Phi) is 5.14. The lowest BCUT2D eigenvalue weighted by Gasteiger charge is -2.33. The quantitative estimate of drug-likeness (QED) is 0.869. The summed E-state index contributed by atoms with van der Waals surface area (Å²) in [4.78, 5) is 25.0. The van der Waals surface area contributed by atoms with Gasteiger partial charge in [-0.1, -0.05) is 11.6 Å². The van der Waals surface area contributed by atoms with Crippen molar-refractivity contribution in [1.82, 2.24) is 4.90 Å². The minimum Gasteiger partial charge on any atom is -0.480 e. The van der Waals surface area contributed by atoms with Crippen molar-refractivity contribution in [2.45, 2.75) is 26.3 Å². The number of aliphatic carboxylic acids is 1. The van der Waals surface area contributed by atoms with Crippen LogP contribution in [-0.4, -0.2) is 34.0 Å². The van der Waals surface area contributed by atoms with Crippen LogP contribution in [0.15, 0.2) is 18.2 Å². The summed E-state index contributed by atoms with van der Waals surface area (Å²) in [5.74, 6) is -1.37. The number of hydrogen-bond donors (Lipinski definition) is 1. The van der Waals surface area contributed by atoms with E-state index in [4.69, 9.17) is 16.7 Å². The van der Waals surface area contributed by atoms with Crippen LogP contribution in [0.4, 0.5) is 0 Å². The first-order chi connectivity index (χ1) is 8.70. The zero-order chi connectivity index (χ0) is 14.6. The lowest BCUT2D eigenvalue weighted by molar-refractivity contribution is -0.145. The Bertz CT molecular complexity index is 502. The Morgan fingerprint density at radius 1 is 1.42 bits per heavy atom. The van der Waals surface area contributed by atoms with Gasteiger partial charge in [-0.15, -0.1) is 11.3 Å². The zero-order valence-corrected chi connectivity index (χ0v) is 12.6. The van der Waals surface area contributed by atoms with E-state index in [1.165, 1.54) is 22.3 Å². The summed E-state index contributed by atoms with van der Waals surface area (Å²) >= 11 is 7.15. The van der Waals surface area contributed by atoms with Gasteiger partial charge in [0.05, 0.1) is 4.34 Å². The van der Waals surface area contributed by atoms with Crippen LogP contribution in [0.25, 0.3) is 6.08 Å². The Morgan fingerprint density at radius 3 is 2.47 bits per heavy atom. The fraction of sp³-hybridized carbons (Fsp3) is 0.385. The van der Waals surface area contributed by atoms with E-state index in [-0.39, 0.29) is 12.5 Å². The molecule has 0 aliphatic rings. The number of carboxylic acid groups (broad SMARTS) is 1. The van der Waals surface area contributed by atoms with E-state index in [1.54, 1.807) is 39.0 Å². The standard InChI is InChI=1S/C13H16ClNO3S/c1-13(2,3)15(8-12(17)18)11(16)7-5-9-4-6-10(14)19-9/h4-7H,8H2,1-3H3,(H,17,18). The summed E-state index contributed by atoms with van der Waals surface area (Å²) in [5.41, 5.74) is -0.549. The second kappa shape index (κ2) is 6.21. The Labute approximate surface area is 121 Å². The van der Waals surface area contributed by atoms with Crippen molar-refractivity contribution in [3.05, 3.63) is 27.4 Å². The number of carbonyl (C=O) groups is 2. The molecule has 1 aromatic rings. The molecule has 1 N–H and O–H groups in total. The lowest BCUT2D eigenvalue weighted by Crippen LogP contribution is -2.47. The number of halogens is 1. The van der Waals surface area contributed by atoms with Gasteiger partial charge in [0.1, 0.15) is 6.54 Å². The maximum Gasteiger partial charge on any atom is 0.323 e. The number of nitrogens with zero attached hydrogens (tertiary/aromatic N) is 1. The van der Waals surface area contributed by atoms with E-state index in [2.05, 4.69) is 0 Å². The summed E-state index contributed by atoms with van der Waals surface area (Å²) in [6.45, 7) is 5.06. The van der Waals surface area contributed by atoms with Crippen LogP contribution < -0.4 is 0 Å². The van der Waals surface area contributed by atoms with E-state index in [1.807, 2.05) is 0 Å². The van der Waals surface area contributed by atoms with Gasteiger partial charge in [0, 0.05) is 16.5 Å². The van der Waals surface area contributed by atoms with Gasteiger partial charge in [0.2, 0.25) is 5.91 Å². The molecule has 6 heteroatoms. The molecule has 0 bridgehead atoms. The van der Waals surface area contributed by atoms with E-state index in [0.717, 1.165) is 4.88 Å². The first-order valence-corrected chi connectivity index (χ1v) is 6.86. The smallest absolute Gasteiger partial charge is 0.323 e. The van der Waals surface area contributed by atoms with E-state index >= 15 is 0 Å². The van der Waals surface area contributed by atoms with Gasteiger partial charge in [-0.05, 0) is 39.0 Å². The highest BCUT2D eigenvalue weighted by Crippen LogP contribution is 2.22. The van der Waals surface area contributed by atoms with Gasteiger partial charge in [0.15, 0.2) is 0 Å². The van der Waals surface area contributed by atoms with Gasteiger partial charge in [-0.3, -0.25) is 9.59 Å². The van der Waals surface area contributed by atoms with Crippen molar-refractivity contribution in [3.8, 4) is 0 Å². The molecule has 1 heterocycles. The molecule has 0 saturated heterocycles. The number of thiophene rings is 1. The molecule has 1 amide bonds. The molecular formula is C13H16ClNO3S. The van der Waals surface area contributed by atoms with Crippen molar-refractivity contribution in [3.63, 3.8) is 0 Å². The number of amides is 1. The summed E-state index contributed by atoms with van der Waals surface area (Å²) in [6.07, 6.45) is 3.01. The summed E-state index contributed by atoms with van der Waals surface area (Å²) in [6, 6.07) is 3.55.